The molecule has 5 heteroatoms. The summed E-state index contributed by atoms with van der Waals surface area (Å²) in [7, 11) is 6.56. The van der Waals surface area contributed by atoms with Gasteiger partial charge in [-0.2, -0.15) is 11.8 Å². The highest BCUT2D eigenvalue weighted by Crippen LogP contribution is 2.22. The summed E-state index contributed by atoms with van der Waals surface area (Å²) in [6.07, 6.45) is 9.40. The third kappa shape index (κ3) is 19.2. The van der Waals surface area contributed by atoms with Crippen LogP contribution in [-0.4, -0.2) is 61.4 Å². The molecule has 172 valence electrons. The van der Waals surface area contributed by atoms with Crippen molar-refractivity contribution in [1.82, 2.24) is 5.32 Å². The van der Waals surface area contributed by atoms with Crippen LogP contribution in [0.1, 0.15) is 85.5 Å². The fourth-order valence-electron chi connectivity index (χ4n) is 3.01. The van der Waals surface area contributed by atoms with Gasteiger partial charge in [0.2, 0.25) is 5.91 Å². The molecular weight excluding hydrogens is 380 g/mol. The molecule has 0 bridgehead atoms. The van der Waals surface area contributed by atoms with E-state index < -0.39 is 0 Å². The molecule has 0 spiro atoms. The molecule has 0 aliphatic rings. The smallest absolute Gasteiger partial charge is 0.220 e. The molecule has 1 N–H and O–H groups in total. The van der Waals surface area contributed by atoms with Crippen molar-refractivity contribution in [3.63, 3.8) is 0 Å². The van der Waals surface area contributed by atoms with Gasteiger partial charge in [-0.1, -0.05) is 59.8 Å². The zero-order valence-electron chi connectivity index (χ0n) is 20.4. The van der Waals surface area contributed by atoms with Gasteiger partial charge in [0.15, 0.2) is 0 Å². The number of thioether (sulfide) groups is 1. The van der Waals surface area contributed by atoms with Crippen molar-refractivity contribution in [2.75, 3.05) is 40.0 Å². The lowest BCUT2D eigenvalue weighted by Crippen LogP contribution is -2.36. The Bertz CT molecular complexity index is 445. The number of amides is 1. The number of hydrogen-bond acceptors (Lipinski definition) is 3. The van der Waals surface area contributed by atoms with Gasteiger partial charge in [0.05, 0.1) is 27.7 Å². The zero-order chi connectivity index (χ0) is 22.3. The Morgan fingerprint density at radius 3 is 2.10 bits per heavy atom. The first-order valence-electron chi connectivity index (χ1n) is 11.7. The van der Waals surface area contributed by atoms with Crippen LogP contribution in [0.5, 0.6) is 0 Å². The molecule has 0 saturated carbocycles. The van der Waals surface area contributed by atoms with E-state index in [9.17, 15) is 9.59 Å². The molecule has 0 aromatic carbocycles. The fourth-order valence-corrected chi connectivity index (χ4v) is 4.57. The molecule has 0 fully saturated rings. The molecule has 0 aromatic rings. The van der Waals surface area contributed by atoms with E-state index in [2.05, 4.69) is 40.3 Å². The van der Waals surface area contributed by atoms with Gasteiger partial charge in [-0.15, -0.1) is 0 Å². The molecule has 0 rings (SSSR count). The number of hydrogen-bond donors (Lipinski definition) is 1. The summed E-state index contributed by atoms with van der Waals surface area (Å²) in [5, 5.41) is 3.32. The number of Topliss-reactive ketones (excluding diaryl/α,β-unsaturated/α-hetero) is 1. The van der Waals surface area contributed by atoms with Crippen LogP contribution in [0.2, 0.25) is 0 Å². The van der Waals surface area contributed by atoms with Gasteiger partial charge in [0.25, 0.3) is 0 Å². The van der Waals surface area contributed by atoms with Crippen LogP contribution >= 0.6 is 11.8 Å². The second-order valence-corrected chi connectivity index (χ2v) is 11.6. The van der Waals surface area contributed by atoms with Crippen LogP contribution in [0.4, 0.5) is 0 Å². The van der Waals surface area contributed by atoms with Crippen LogP contribution in [0.25, 0.3) is 0 Å². The molecule has 0 radical (unpaired) electrons. The SMILES string of the molecule is CC(C)CCCCCCCNC(=O)CCC(CC(=O)C(C)C)SCC[N+](C)(C)C. The van der Waals surface area contributed by atoms with Crippen molar-refractivity contribution in [3.05, 3.63) is 0 Å². The van der Waals surface area contributed by atoms with Crippen LogP contribution in [0.3, 0.4) is 0 Å². The maximum atomic E-state index is 12.2. The van der Waals surface area contributed by atoms with Crippen molar-refractivity contribution in [2.45, 2.75) is 90.7 Å². The monoisotopic (exact) mass is 429 g/mol. The van der Waals surface area contributed by atoms with Gasteiger partial charge in [0, 0.05) is 36.3 Å². The molecule has 1 atom stereocenters. The minimum Gasteiger partial charge on any atom is -0.356 e. The average molecular weight is 430 g/mol. The van der Waals surface area contributed by atoms with Crippen molar-refractivity contribution in [1.29, 1.82) is 0 Å². The second-order valence-electron chi connectivity index (χ2n) is 10.2. The van der Waals surface area contributed by atoms with Crippen LogP contribution < -0.4 is 5.32 Å². The standard InChI is InChI=1S/C24H48N2O2S/c1-20(2)13-11-9-8-10-12-16-25-24(28)15-14-22(19-23(27)21(3)4)29-18-17-26(5,6)7/h20-22H,8-19H2,1-7H3/p+1. The van der Waals surface area contributed by atoms with Crippen molar-refractivity contribution < 1.29 is 14.1 Å². The highest BCUT2D eigenvalue weighted by atomic mass is 32.2. The van der Waals surface area contributed by atoms with Gasteiger partial charge in [0.1, 0.15) is 5.78 Å². The lowest BCUT2D eigenvalue weighted by molar-refractivity contribution is -0.867. The van der Waals surface area contributed by atoms with Gasteiger partial charge in [-0.25, -0.2) is 0 Å². The number of rotatable bonds is 18. The normalized spacial score (nSPS) is 13.1. The highest BCUT2D eigenvalue weighted by Gasteiger charge is 2.19. The Hall–Kier alpha value is -0.550. The summed E-state index contributed by atoms with van der Waals surface area (Å²) < 4.78 is 0.926. The van der Waals surface area contributed by atoms with E-state index in [1.165, 1.54) is 32.1 Å². The van der Waals surface area contributed by atoms with Gasteiger partial charge < -0.3 is 9.80 Å². The summed E-state index contributed by atoms with van der Waals surface area (Å²) >= 11 is 1.86. The molecule has 0 aromatic heterocycles. The summed E-state index contributed by atoms with van der Waals surface area (Å²) in [6, 6.07) is 0. The van der Waals surface area contributed by atoms with E-state index in [0.717, 1.165) is 42.1 Å². The lowest BCUT2D eigenvalue weighted by atomic mass is 10.0. The first-order chi connectivity index (χ1) is 13.5. The number of quaternary nitrogens is 1. The molecule has 0 saturated heterocycles. The summed E-state index contributed by atoms with van der Waals surface area (Å²) in [4.78, 5) is 24.4. The lowest BCUT2D eigenvalue weighted by Gasteiger charge is -2.25. The number of nitrogens with one attached hydrogen (secondary N) is 1. The van der Waals surface area contributed by atoms with Crippen LogP contribution in [0.15, 0.2) is 0 Å². The molecule has 1 unspecified atom stereocenters. The predicted octanol–water partition coefficient (Wildman–Crippen LogP) is 5.30. The largest absolute Gasteiger partial charge is 0.356 e. The number of ketones is 1. The third-order valence-corrected chi connectivity index (χ3v) is 6.45. The summed E-state index contributed by atoms with van der Waals surface area (Å²) in [5.41, 5.74) is 0. The minimum atomic E-state index is 0.0749. The number of unbranched alkanes of at least 4 members (excludes halogenated alkanes) is 4. The number of nitrogens with zero attached hydrogens (tertiary/aromatic N) is 1. The van der Waals surface area contributed by atoms with Crippen molar-refractivity contribution in [3.8, 4) is 0 Å². The van der Waals surface area contributed by atoms with E-state index in [-0.39, 0.29) is 17.1 Å². The first-order valence-corrected chi connectivity index (χ1v) is 12.8. The predicted molar refractivity (Wildman–Crippen MR) is 128 cm³/mol. The van der Waals surface area contributed by atoms with E-state index in [4.69, 9.17) is 0 Å². The van der Waals surface area contributed by atoms with E-state index in [0.29, 0.717) is 18.6 Å². The zero-order valence-corrected chi connectivity index (χ0v) is 21.2. The first kappa shape index (κ1) is 28.5. The molecular formula is C24H49N2O2S+. The quantitative estimate of drug-likeness (QED) is 0.237. The Balaban J connectivity index is 4.05. The van der Waals surface area contributed by atoms with Crippen LogP contribution in [0, 0.1) is 11.8 Å². The highest BCUT2D eigenvalue weighted by molar-refractivity contribution is 7.99. The Labute approximate surface area is 185 Å². The Morgan fingerprint density at radius 1 is 0.897 bits per heavy atom. The van der Waals surface area contributed by atoms with Gasteiger partial charge in [-0.05, 0) is 18.8 Å². The number of carbonyl (C=O) groups excluding carboxylic acids is 2. The summed E-state index contributed by atoms with van der Waals surface area (Å²) in [6.45, 7) is 10.3. The van der Waals surface area contributed by atoms with Crippen molar-refractivity contribution >= 4 is 23.5 Å². The minimum absolute atomic E-state index is 0.0749. The third-order valence-electron chi connectivity index (χ3n) is 5.16. The van der Waals surface area contributed by atoms with Crippen molar-refractivity contribution in [2.24, 2.45) is 11.8 Å². The summed E-state index contributed by atoms with van der Waals surface area (Å²) in [5.74, 6) is 2.35. The van der Waals surface area contributed by atoms with E-state index in [1.54, 1.807) is 0 Å². The number of carbonyl (C=O) groups is 2. The molecule has 1 amide bonds. The van der Waals surface area contributed by atoms with Gasteiger partial charge >= 0.3 is 0 Å². The van der Waals surface area contributed by atoms with Crippen LogP contribution in [-0.2, 0) is 9.59 Å². The Kier molecular flexibility index (Phi) is 15.9. The van der Waals surface area contributed by atoms with E-state index in [1.807, 2.05) is 25.6 Å². The molecule has 0 aliphatic carbocycles. The topological polar surface area (TPSA) is 46.2 Å². The molecule has 0 aliphatic heterocycles. The molecule has 29 heavy (non-hydrogen) atoms. The maximum absolute atomic E-state index is 12.2. The van der Waals surface area contributed by atoms with E-state index >= 15 is 0 Å². The molecule has 0 heterocycles. The fraction of sp³-hybridized carbons (Fsp3) is 0.917. The Morgan fingerprint density at radius 2 is 1.52 bits per heavy atom. The van der Waals surface area contributed by atoms with Gasteiger partial charge in [-0.3, -0.25) is 9.59 Å². The molecule has 4 nitrogen and oxygen atoms in total. The second kappa shape index (κ2) is 16.2. The average Bonchev–Trinajstić information content (AvgIpc) is 2.60. The maximum Gasteiger partial charge on any atom is 0.220 e.